The van der Waals surface area contributed by atoms with E-state index < -0.39 is 0 Å². The molecule has 1 unspecified atom stereocenters. The fourth-order valence-electron chi connectivity index (χ4n) is 3.33. The highest BCUT2D eigenvalue weighted by molar-refractivity contribution is 5.79. The lowest BCUT2D eigenvalue weighted by atomic mass is 10.0. The molecule has 2 aromatic rings. The Morgan fingerprint density at radius 3 is 2.45 bits per heavy atom. The molecule has 0 bridgehead atoms. The van der Waals surface area contributed by atoms with E-state index in [1.54, 1.807) is 19.2 Å². The quantitative estimate of drug-likeness (QED) is 0.581. The highest BCUT2D eigenvalue weighted by Gasteiger charge is 2.23. The van der Waals surface area contributed by atoms with Gasteiger partial charge >= 0.3 is 0 Å². The number of halogens is 1. The molecular formula is C22H26FN5O. The van der Waals surface area contributed by atoms with Crippen molar-refractivity contribution < 1.29 is 9.13 Å². The summed E-state index contributed by atoms with van der Waals surface area (Å²) in [6.45, 7) is 4.30. The first-order valence-electron chi connectivity index (χ1n) is 9.70. The van der Waals surface area contributed by atoms with Crippen LogP contribution in [0.25, 0.3) is 0 Å². The second-order valence-corrected chi connectivity index (χ2v) is 6.83. The molecule has 1 heterocycles. The molecule has 1 atom stereocenters. The van der Waals surface area contributed by atoms with Crippen LogP contribution in [0.2, 0.25) is 0 Å². The van der Waals surface area contributed by atoms with Gasteiger partial charge in [-0.25, -0.2) is 4.39 Å². The number of ether oxygens (including phenoxy) is 1. The lowest BCUT2D eigenvalue weighted by Crippen LogP contribution is -2.46. The largest absolute Gasteiger partial charge is 0.379 e. The Morgan fingerprint density at radius 1 is 1.14 bits per heavy atom. The molecule has 2 aromatic carbocycles. The van der Waals surface area contributed by atoms with Crippen molar-refractivity contribution >= 4 is 5.96 Å². The van der Waals surface area contributed by atoms with E-state index in [4.69, 9.17) is 10.00 Å². The van der Waals surface area contributed by atoms with Gasteiger partial charge in [0.2, 0.25) is 0 Å². The molecule has 1 fully saturated rings. The number of hydrogen-bond donors (Lipinski definition) is 2. The van der Waals surface area contributed by atoms with Crippen molar-refractivity contribution in [3.05, 3.63) is 71.0 Å². The van der Waals surface area contributed by atoms with Gasteiger partial charge in [0.25, 0.3) is 0 Å². The van der Waals surface area contributed by atoms with E-state index in [0.717, 1.165) is 24.2 Å². The first kappa shape index (κ1) is 20.8. The van der Waals surface area contributed by atoms with E-state index in [1.807, 2.05) is 24.3 Å². The van der Waals surface area contributed by atoms with Crippen molar-refractivity contribution in [3.8, 4) is 6.07 Å². The first-order chi connectivity index (χ1) is 14.2. The third-order valence-corrected chi connectivity index (χ3v) is 4.97. The summed E-state index contributed by atoms with van der Waals surface area (Å²) >= 11 is 0. The van der Waals surface area contributed by atoms with Crippen LogP contribution in [0.3, 0.4) is 0 Å². The Kier molecular flexibility index (Phi) is 7.56. The number of hydrogen-bond acceptors (Lipinski definition) is 4. The SMILES string of the molecule is CN=C(NCc1ccc(C#N)cc1)NCC(c1ccc(F)cc1)N1CCOCC1. The minimum Gasteiger partial charge on any atom is -0.379 e. The van der Waals surface area contributed by atoms with Crippen molar-refractivity contribution in [1.82, 2.24) is 15.5 Å². The van der Waals surface area contributed by atoms with Gasteiger partial charge in [-0.2, -0.15) is 5.26 Å². The van der Waals surface area contributed by atoms with Gasteiger partial charge in [-0.3, -0.25) is 9.89 Å². The predicted molar refractivity (Wildman–Crippen MR) is 111 cm³/mol. The number of benzene rings is 2. The molecule has 0 aliphatic carbocycles. The number of morpholine rings is 1. The van der Waals surface area contributed by atoms with Crippen LogP contribution in [0.15, 0.2) is 53.5 Å². The average Bonchev–Trinajstić information content (AvgIpc) is 2.78. The zero-order valence-corrected chi connectivity index (χ0v) is 16.6. The lowest BCUT2D eigenvalue weighted by molar-refractivity contribution is 0.0170. The third-order valence-electron chi connectivity index (χ3n) is 4.97. The topological polar surface area (TPSA) is 72.7 Å². The summed E-state index contributed by atoms with van der Waals surface area (Å²) in [5.41, 5.74) is 2.77. The van der Waals surface area contributed by atoms with E-state index in [9.17, 15) is 4.39 Å². The lowest BCUT2D eigenvalue weighted by Gasteiger charge is -2.35. The van der Waals surface area contributed by atoms with E-state index in [0.29, 0.717) is 37.8 Å². The van der Waals surface area contributed by atoms with Gasteiger partial charge in [0.05, 0.1) is 30.9 Å². The van der Waals surface area contributed by atoms with Gasteiger partial charge in [0.15, 0.2) is 5.96 Å². The molecule has 7 heteroatoms. The summed E-state index contributed by atoms with van der Waals surface area (Å²) in [5, 5.41) is 15.6. The van der Waals surface area contributed by atoms with Gasteiger partial charge in [-0.15, -0.1) is 0 Å². The van der Waals surface area contributed by atoms with E-state index in [-0.39, 0.29) is 11.9 Å². The molecule has 29 heavy (non-hydrogen) atoms. The summed E-state index contributed by atoms with van der Waals surface area (Å²) in [6.07, 6.45) is 0. The first-order valence-corrected chi connectivity index (χ1v) is 9.70. The Labute approximate surface area is 171 Å². The molecule has 1 aliphatic heterocycles. The minimum absolute atomic E-state index is 0.0907. The van der Waals surface area contributed by atoms with E-state index in [2.05, 4.69) is 26.6 Å². The van der Waals surface area contributed by atoms with Crippen molar-refractivity contribution in [3.63, 3.8) is 0 Å². The van der Waals surface area contributed by atoms with Gasteiger partial charge in [-0.05, 0) is 35.4 Å². The Morgan fingerprint density at radius 2 is 1.83 bits per heavy atom. The van der Waals surface area contributed by atoms with Gasteiger partial charge in [-0.1, -0.05) is 24.3 Å². The van der Waals surface area contributed by atoms with E-state index in [1.165, 1.54) is 12.1 Å². The van der Waals surface area contributed by atoms with Crippen molar-refractivity contribution in [1.29, 1.82) is 5.26 Å². The smallest absolute Gasteiger partial charge is 0.191 e. The normalized spacial score (nSPS) is 16.1. The number of rotatable bonds is 6. The van der Waals surface area contributed by atoms with Crippen molar-refractivity contribution in [2.75, 3.05) is 39.9 Å². The second kappa shape index (κ2) is 10.6. The van der Waals surface area contributed by atoms with Crippen LogP contribution < -0.4 is 10.6 Å². The number of guanidine groups is 1. The predicted octanol–water partition coefficient (Wildman–Crippen LogP) is 2.44. The molecule has 0 spiro atoms. The molecule has 0 saturated carbocycles. The molecule has 152 valence electrons. The number of aliphatic imine (C=N–C) groups is 1. The van der Waals surface area contributed by atoms with Crippen molar-refractivity contribution in [2.24, 2.45) is 4.99 Å². The van der Waals surface area contributed by atoms with E-state index >= 15 is 0 Å². The zero-order valence-electron chi connectivity index (χ0n) is 16.6. The Bertz CT molecular complexity index is 839. The maximum Gasteiger partial charge on any atom is 0.191 e. The summed E-state index contributed by atoms with van der Waals surface area (Å²) in [6, 6.07) is 16.3. The number of nitrogens with one attached hydrogen (secondary N) is 2. The molecule has 3 rings (SSSR count). The van der Waals surface area contributed by atoms with Crippen molar-refractivity contribution in [2.45, 2.75) is 12.6 Å². The maximum atomic E-state index is 13.4. The zero-order chi connectivity index (χ0) is 20.5. The molecule has 0 aromatic heterocycles. The fourth-order valence-corrected chi connectivity index (χ4v) is 3.33. The third kappa shape index (κ3) is 6.01. The number of nitriles is 1. The summed E-state index contributed by atoms with van der Waals surface area (Å²) in [5.74, 6) is 0.456. The average molecular weight is 395 g/mol. The second-order valence-electron chi connectivity index (χ2n) is 6.83. The van der Waals surface area contributed by atoms with Crippen LogP contribution in [0.5, 0.6) is 0 Å². The highest BCUT2D eigenvalue weighted by atomic mass is 19.1. The molecule has 1 saturated heterocycles. The van der Waals surface area contributed by atoms with Gasteiger partial charge < -0.3 is 15.4 Å². The molecule has 1 aliphatic rings. The highest BCUT2D eigenvalue weighted by Crippen LogP contribution is 2.21. The molecule has 2 N–H and O–H groups in total. The van der Waals surface area contributed by atoms with Gasteiger partial charge in [0, 0.05) is 33.2 Å². The molecule has 0 amide bonds. The molecular weight excluding hydrogens is 369 g/mol. The van der Waals surface area contributed by atoms with Crippen LogP contribution in [-0.2, 0) is 11.3 Å². The molecule has 0 radical (unpaired) electrons. The monoisotopic (exact) mass is 395 g/mol. The Balaban J connectivity index is 1.61. The van der Waals surface area contributed by atoms with Gasteiger partial charge in [0.1, 0.15) is 5.82 Å². The summed E-state index contributed by atoms with van der Waals surface area (Å²) in [4.78, 5) is 6.65. The summed E-state index contributed by atoms with van der Waals surface area (Å²) < 4.78 is 18.9. The summed E-state index contributed by atoms with van der Waals surface area (Å²) in [7, 11) is 1.73. The maximum absolute atomic E-state index is 13.4. The van der Waals surface area contributed by atoms with Crippen LogP contribution in [0.4, 0.5) is 4.39 Å². The van der Waals surface area contributed by atoms with Crippen LogP contribution in [0.1, 0.15) is 22.7 Å². The fraction of sp³-hybridized carbons (Fsp3) is 0.364. The van der Waals surface area contributed by atoms with Crippen LogP contribution >= 0.6 is 0 Å². The molecule has 6 nitrogen and oxygen atoms in total. The van der Waals surface area contributed by atoms with Crippen LogP contribution in [0, 0.1) is 17.1 Å². The standard InChI is InChI=1S/C22H26FN5O/c1-25-22(26-15-18-4-2-17(14-24)3-5-18)27-16-21(28-10-12-29-13-11-28)19-6-8-20(23)9-7-19/h2-9,21H,10-13,15-16H2,1H3,(H2,25,26,27). The number of nitrogens with zero attached hydrogens (tertiary/aromatic N) is 3. The van der Waals surface area contributed by atoms with Crippen LogP contribution in [-0.4, -0.2) is 50.8 Å². The Hall–Kier alpha value is -2.95. The minimum atomic E-state index is -0.234.